The lowest BCUT2D eigenvalue weighted by molar-refractivity contribution is -0.134. The summed E-state index contributed by atoms with van der Waals surface area (Å²) in [5.41, 5.74) is 0.683. The molecule has 0 aromatic heterocycles. The highest BCUT2D eigenvalue weighted by Crippen LogP contribution is 2.37. The first-order chi connectivity index (χ1) is 9.40. The van der Waals surface area contributed by atoms with Gasteiger partial charge in [-0.1, -0.05) is 13.8 Å². The lowest BCUT2D eigenvalue weighted by Crippen LogP contribution is -2.46. The molecule has 1 atom stereocenters. The van der Waals surface area contributed by atoms with Gasteiger partial charge in [0.05, 0.1) is 11.4 Å². The van der Waals surface area contributed by atoms with Crippen LogP contribution in [0.2, 0.25) is 0 Å². The number of hydrogen-bond acceptors (Lipinski definition) is 4. The number of carboxylic acids is 1. The van der Waals surface area contributed by atoms with Crippen LogP contribution in [0.3, 0.4) is 0 Å². The first kappa shape index (κ1) is 14.7. The molecule has 0 aliphatic carbocycles. The number of ether oxygens (including phenoxy) is 1. The van der Waals surface area contributed by atoms with E-state index in [4.69, 9.17) is 9.84 Å². The molecule has 108 valence electrons. The van der Waals surface area contributed by atoms with Gasteiger partial charge >= 0.3 is 5.97 Å². The molecule has 1 aromatic carbocycles. The van der Waals surface area contributed by atoms with E-state index in [1.54, 1.807) is 24.1 Å². The number of aliphatic carboxylic acids is 1. The molecule has 1 heterocycles. The van der Waals surface area contributed by atoms with E-state index >= 15 is 0 Å². The molecule has 0 radical (unpaired) electrons. The van der Waals surface area contributed by atoms with Crippen molar-refractivity contribution in [3.05, 3.63) is 18.2 Å². The molecule has 0 saturated carbocycles. The van der Waals surface area contributed by atoms with Gasteiger partial charge in [-0.15, -0.1) is 11.8 Å². The van der Waals surface area contributed by atoms with Gasteiger partial charge in [0, 0.05) is 11.9 Å². The summed E-state index contributed by atoms with van der Waals surface area (Å²) in [6.07, 6.45) is -0.468. The summed E-state index contributed by atoms with van der Waals surface area (Å²) in [6, 6.07) is 5.39. The molecule has 1 unspecified atom stereocenters. The number of hydrogen-bond donors (Lipinski definition) is 1. The third kappa shape index (κ3) is 2.90. The van der Waals surface area contributed by atoms with Crippen molar-refractivity contribution in [2.75, 3.05) is 17.7 Å². The summed E-state index contributed by atoms with van der Waals surface area (Å²) in [7, 11) is 1.71. The van der Waals surface area contributed by atoms with Crippen molar-refractivity contribution in [2.45, 2.75) is 24.8 Å². The van der Waals surface area contributed by atoms with E-state index in [0.717, 1.165) is 4.90 Å². The second-order valence-corrected chi connectivity index (χ2v) is 6.04. The van der Waals surface area contributed by atoms with Crippen LogP contribution in [-0.4, -0.2) is 35.9 Å². The second kappa shape index (κ2) is 5.75. The Labute approximate surface area is 121 Å². The van der Waals surface area contributed by atoms with E-state index in [1.807, 2.05) is 19.9 Å². The van der Waals surface area contributed by atoms with Crippen LogP contribution < -0.4 is 9.64 Å². The fourth-order valence-corrected chi connectivity index (χ4v) is 2.66. The van der Waals surface area contributed by atoms with E-state index in [9.17, 15) is 9.59 Å². The van der Waals surface area contributed by atoms with Crippen molar-refractivity contribution >= 4 is 29.3 Å². The monoisotopic (exact) mass is 295 g/mol. The van der Waals surface area contributed by atoms with Crippen molar-refractivity contribution in [3.63, 3.8) is 0 Å². The van der Waals surface area contributed by atoms with E-state index in [-0.39, 0.29) is 17.6 Å². The van der Waals surface area contributed by atoms with Gasteiger partial charge in [-0.2, -0.15) is 0 Å². The van der Waals surface area contributed by atoms with Gasteiger partial charge in [-0.05, 0) is 24.1 Å². The van der Waals surface area contributed by atoms with Crippen LogP contribution >= 0.6 is 11.8 Å². The number of nitrogens with zero attached hydrogens (tertiary/aromatic N) is 1. The number of rotatable bonds is 4. The lowest BCUT2D eigenvalue weighted by Gasteiger charge is -2.34. The van der Waals surface area contributed by atoms with Crippen LogP contribution in [0.5, 0.6) is 5.75 Å². The molecule has 5 nitrogen and oxygen atoms in total. The summed E-state index contributed by atoms with van der Waals surface area (Å²) in [5.74, 6) is -0.197. The van der Waals surface area contributed by atoms with Gasteiger partial charge in [0.1, 0.15) is 5.75 Å². The van der Waals surface area contributed by atoms with Crippen molar-refractivity contribution in [1.82, 2.24) is 0 Å². The summed E-state index contributed by atoms with van der Waals surface area (Å²) >= 11 is 1.22. The van der Waals surface area contributed by atoms with Gasteiger partial charge in [-0.25, -0.2) is 0 Å². The quantitative estimate of drug-likeness (QED) is 0.863. The Morgan fingerprint density at radius 3 is 2.80 bits per heavy atom. The average Bonchev–Trinajstić information content (AvgIpc) is 2.40. The van der Waals surface area contributed by atoms with E-state index in [2.05, 4.69) is 0 Å². The summed E-state index contributed by atoms with van der Waals surface area (Å²) in [4.78, 5) is 25.2. The smallest absolute Gasteiger partial charge is 0.313 e. The molecule has 0 spiro atoms. The Morgan fingerprint density at radius 1 is 1.50 bits per heavy atom. The molecule has 0 saturated heterocycles. The number of thioether (sulfide) groups is 1. The number of amides is 1. The van der Waals surface area contributed by atoms with Crippen molar-refractivity contribution in [1.29, 1.82) is 0 Å². The summed E-state index contributed by atoms with van der Waals surface area (Å²) in [6.45, 7) is 3.89. The normalized spacial score (nSPS) is 17.9. The van der Waals surface area contributed by atoms with E-state index < -0.39 is 12.1 Å². The predicted molar refractivity (Wildman–Crippen MR) is 77.5 cm³/mol. The second-order valence-electron chi connectivity index (χ2n) is 4.99. The Kier molecular flexibility index (Phi) is 4.23. The van der Waals surface area contributed by atoms with Gasteiger partial charge < -0.3 is 14.7 Å². The zero-order valence-corrected chi connectivity index (χ0v) is 12.4. The minimum Gasteiger partial charge on any atom is -0.481 e. The molecule has 0 bridgehead atoms. The molecule has 20 heavy (non-hydrogen) atoms. The Morgan fingerprint density at radius 2 is 2.20 bits per heavy atom. The number of carbonyl (C=O) groups is 2. The highest BCUT2D eigenvalue weighted by Gasteiger charge is 2.34. The number of fused-ring (bicyclic) bond motifs is 1. The zero-order chi connectivity index (χ0) is 14.9. The zero-order valence-electron chi connectivity index (χ0n) is 11.6. The fraction of sp³-hybridized carbons (Fsp3) is 0.429. The van der Waals surface area contributed by atoms with Crippen LogP contribution in [0.15, 0.2) is 23.1 Å². The maximum atomic E-state index is 12.2. The van der Waals surface area contributed by atoms with Crippen LogP contribution in [0.25, 0.3) is 0 Å². The van der Waals surface area contributed by atoms with E-state index in [0.29, 0.717) is 11.4 Å². The van der Waals surface area contributed by atoms with Crippen LogP contribution in [0, 0.1) is 5.92 Å². The van der Waals surface area contributed by atoms with E-state index in [1.165, 1.54) is 11.8 Å². The third-order valence-electron chi connectivity index (χ3n) is 3.09. The molecule has 1 N–H and O–H groups in total. The fourth-order valence-electron chi connectivity index (χ4n) is 2.01. The highest BCUT2D eigenvalue weighted by molar-refractivity contribution is 8.00. The van der Waals surface area contributed by atoms with Crippen molar-refractivity contribution in [3.8, 4) is 5.75 Å². The molecule has 0 fully saturated rings. The molecular formula is C14H17NO4S. The van der Waals surface area contributed by atoms with Gasteiger partial charge in [0.15, 0.2) is 6.10 Å². The number of benzene rings is 1. The van der Waals surface area contributed by atoms with Crippen LogP contribution in [-0.2, 0) is 9.59 Å². The Bertz CT molecular complexity index is 544. The average molecular weight is 295 g/mol. The molecule has 1 amide bonds. The topological polar surface area (TPSA) is 66.8 Å². The summed E-state index contributed by atoms with van der Waals surface area (Å²) < 4.78 is 5.74. The summed E-state index contributed by atoms with van der Waals surface area (Å²) in [5, 5.41) is 8.69. The minimum absolute atomic E-state index is 0.00801. The largest absolute Gasteiger partial charge is 0.481 e. The third-order valence-corrected chi connectivity index (χ3v) is 4.07. The predicted octanol–water partition coefficient (Wildman–Crippen LogP) is 2.24. The Hall–Kier alpha value is -1.69. The maximum absolute atomic E-state index is 12.2. The number of anilines is 1. The van der Waals surface area contributed by atoms with Crippen LogP contribution in [0.1, 0.15) is 13.8 Å². The minimum atomic E-state index is -0.867. The van der Waals surface area contributed by atoms with Gasteiger partial charge in [0.25, 0.3) is 5.91 Å². The highest BCUT2D eigenvalue weighted by atomic mass is 32.2. The molecule has 2 rings (SSSR count). The number of carboxylic acid groups (broad SMARTS) is 1. The molecule has 6 heteroatoms. The molecule has 1 aliphatic heterocycles. The van der Waals surface area contributed by atoms with Crippen molar-refractivity contribution < 1.29 is 19.4 Å². The van der Waals surface area contributed by atoms with Crippen LogP contribution in [0.4, 0.5) is 5.69 Å². The lowest BCUT2D eigenvalue weighted by atomic mass is 10.0. The van der Waals surface area contributed by atoms with Crippen molar-refractivity contribution in [2.24, 2.45) is 5.92 Å². The maximum Gasteiger partial charge on any atom is 0.313 e. The van der Waals surface area contributed by atoms with Gasteiger partial charge in [0.2, 0.25) is 0 Å². The standard InChI is InChI=1S/C14H17NO4S/c1-8(2)13-14(18)15(3)10-6-9(20-7-12(16)17)4-5-11(10)19-13/h4-6,8,13H,7H2,1-3H3,(H,16,17). The molecule has 1 aromatic rings. The number of carbonyl (C=O) groups excluding carboxylic acids is 1. The molecular weight excluding hydrogens is 278 g/mol. The first-order valence-electron chi connectivity index (χ1n) is 6.33. The Balaban J connectivity index is 2.26. The first-order valence-corrected chi connectivity index (χ1v) is 7.31. The SMILES string of the molecule is CC(C)C1Oc2ccc(SCC(=O)O)cc2N(C)C1=O. The number of likely N-dealkylation sites (N-methyl/N-ethyl adjacent to an activating group) is 1. The van der Waals surface area contributed by atoms with Gasteiger partial charge in [-0.3, -0.25) is 9.59 Å². The molecule has 1 aliphatic rings.